The summed E-state index contributed by atoms with van der Waals surface area (Å²) in [5.41, 5.74) is 3.93. The Kier molecular flexibility index (Phi) is 9.95. The molecule has 1 N–H and O–H groups in total. The average molecular weight is 507 g/mol. The second-order valence-corrected chi connectivity index (χ2v) is 9.72. The minimum atomic E-state index is -0.712. The van der Waals surface area contributed by atoms with Crippen LogP contribution < -0.4 is 10.1 Å². The number of nitrogens with zero attached hydrogens (tertiary/aromatic N) is 1. The highest BCUT2D eigenvalue weighted by atomic mass is 35.5. The normalized spacial score (nSPS) is 12.5. The standard InChI is InChI=1S/C30H35ClN2O3/c1-5-23(4)32-30(35)28(18-24-10-7-6-8-11-24)33(19-25-12-9-13-26(31)17-25)29(34)20-36-27-15-21(2)14-22(3)16-27/h6-17,23,28H,5,18-20H2,1-4H3,(H,32,35)/t23-,28-/m1/s1. The molecule has 0 aliphatic carbocycles. The van der Waals surface area contributed by atoms with Gasteiger partial charge in [0.25, 0.3) is 5.91 Å². The number of benzene rings is 3. The van der Waals surface area contributed by atoms with Crippen LogP contribution in [0.4, 0.5) is 0 Å². The number of rotatable bonds is 11. The molecule has 2 amide bonds. The lowest BCUT2D eigenvalue weighted by molar-refractivity contribution is -0.143. The van der Waals surface area contributed by atoms with Gasteiger partial charge in [0.1, 0.15) is 11.8 Å². The van der Waals surface area contributed by atoms with Crippen LogP contribution in [0.25, 0.3) is 0 Å². The van der Waals surface area contributed by atoms with Crippen LogP contribution in [-0.2, 0) is 22.6 Å². The lowest BCUT2D eigenvalue weighted by Gasteiger charge is -2.32. The van der Waals surface area contributed by atoms with Gasteiger partial charge < -0.3 is 15.0 Å². The van der Waals surface area contributed by atoms with Gasteiger partial charge in [-0.1, -0.05) is 67.1 Å². The number of ether oxygens (including phenoxy) is 1. The largest absolute Gasteiger partial charge is 0.484 e. The summed E-state index contributed by atoms with van der Waals surface area (Å²) in [6.45, 7) is 8.02. The summed E-state index contributed by atoms with van der Waals surface area (Å²) in [5.74, 6) is 0.177. The van der Waals surface area contributed by atoms with E-state index in [9.17, 15) is 9.59 Å². The van der Waals surface area contributed by atoms with Crippen LogP contribution in [0.3, 0.4) is 0 Å². The molecular weight excluding hydrogens is 472 g/mol. The van der Waals surface area contributed by atoms with Gasteiger partial charge in [-0.05, 0) is 73.7 Å². The second-order valence-electron chi connectivity index (χ2n) is 9.29. The highest BCUT2D eigenvalue weighted by Gasteiger charge is 2.31. The molecule has 0 fully saturated rings. The zero-order valence-electron chi connectivity index (χ0n) is 21.5. The molecule has 3 aromatic carbocycles. The lowest BCUT2D eigenvalue weighted by atomic mass is 10.0. The molecule has 0 saturated carbocycles. The van der Waals surface area contributed by atoms with Crippen LogP contribution in [0.1, 0.15) is 42.5 Å². The minimum Gasteiger partial charge on any atom is -0.484 e. The third kappa shape index (κ3) is 8.13. The van der Waals surface area contributed by atoms with E-state index < -0.39 is 6.04 Å². The van der Waals surface area contributed by atoms with Crippen molar-refractivity contribution in [2.24, 2.45) is 0 Å². The third-order valence-electron chi connectivity index (χ3n) is 6.07. The van der Waals surface area contributed by atoms with Gasteiger partial charge >= 0.3 is 0 Å². The summed E-state index contributed by atoms with van der Waals surface area (Å²) >= 11 is 6.23. The van der Waals surface area contributed by atoms with Crippen molar-refractivity contribution >= 4 is 23.4 Å². The molecule has 0 aromatic heterocycles. The van der Waals surface area contributed by atoms with Crippen LogP contribution in [-0.4, -0.2) is 35.4 Å². The van der Waals surface area contributed by atoms with Gasteiger partial charge in [-0.15, -0.1) is 0 Å². The quantitative estimate of drug-likeness (QED) is 0.352. The molecule has 0 spiro atoms. The average Bonchev–Trinajstić information content (AvgIpc) is 2.84. The molecule has 5 nitrogen and oxygen atoms in total. The van der Waals surface area contributed by atoms with Crippen LogP contribution >= 0.6 is 11.6 Å². The maximum absolute atomic E-state index is 13.7. The van der Waals surface area contributed by atoms with E-state index in [1.165, 1.54) is 0 Å². The third-order valence-corrected chi connectivity index (χ3v) is 6.31. The highest BCUT2D eigenvalue weighted by molar-refractivity contribution is 6.30. The Morgan fingerprint density at radius 1 is 0.944 bits per heavy atom. The van der Waals surface area contributed by atoms with Crippen molar-refractivity contribution in [3.63, 3.8) is 0 Å². The molecule has 190 valence electrons. The molecule has 3 rings (SSSR count). The maximum Gasteiger partial charge on any atom is 0.261 e. The number of halogens is 1. The SMILES string of the molecule is CC[C@@H](C)NC(=O)[C@@H](Cc1ccccc1)N(Cc1cccc(Cl)c1)C(=O)COc1cc(C)cc(C)c1. The molecule has 6 heteroatoms. The van der Waals surface area contributed by atoms with E-state index in [4.69, 9.17) is 16.3 Å². The number of hydrogen-bond donors (Lipinski definition) is 1. The Bertz CT molecular complexity index is 1150. The van der Waals surface area contributed by atoms with Crippen LogP contribution in [0.2, 0.25) is 5.02 Å². The maximum atomic E-state index is 13.7. The van der Waals surface area contributed by atoms with E-state index >= 15 is 0 Å². The topological polar surface area (TPSA) is 58.6 Å². The minimum absolute atomic E-state index is 0.00888. The zero-order chi connectivity index (χ0) is 26.1. The molecule has 3 aromatic rings. The fourth-order valence-corrected chi connectivity index (χ4v) is 4.28. The van der Waals surface area contributed by atoms with Crippen LogP contribution in [0.15, 0.2) is 72.8 Å². The van der Waals surface area contributed by atoms with Gasteiger partial charge in [-0.25, -0.2) is 0 Å². The van der Waals surface area contributed by atoms with E-state index in [0.717, 1.165) is 28.7 Å². The van der Waals surface area contributed by atoms with Gasteiger partial charge in [0.15, 0.2) is 6.61 Å². The van der Waals surface area contributed by atoms with E-state index in [1.54, 1.807) is 11.0 Å². The van der Waals surface area contributed by atoms with Crippen molar-refractivity contribution in [2.45, 2.75) is 59.2 Å². The van der Waals surface area contributed by atoms with Gasteiger partial charge in [0.2, 0.25) is 5.91 Å². The number of nitrogens with one attached hydrogen (secondary N) is 1. The summed E-state index contributed by atoms with van der Waals surface area (Å²) in [6.07, 6.45) is 1.18. The van der Waals surface area contributed by atoms with Crippen molar-refractivity contribution in [1.29, 1.82) is 0 Å². The Balaban J connectivity index is 1.92. The first-order valence-corrected chi connectivity index (χ1v) is 12.7. The Hall–Kier alpha value is -3.31. The summed E-state index contributed by atoms with van der Waals surface area (Å²) in [6, 6.07) is 22.2. The van der Waals surface area contributed by atoms with Gasteiger partial charge in [-0.3, -0.25) is 9.59 Å². The molecule has 0 unspecified atom stereocenters. The van der Waals surface area contributed by atoms with E-state index in [-0.39, 0.29) is 31.0 Å². The molecule has 0 radical (unpaired) electrons. The molecule has 0 heterocycles. The van der Waals surface area contributed by atoms with Gasteiger partial charge in [0.05, 0.1) is 0 Å². The first-order valence-electron chi connectivity index (χ1n) is 12.3. The highest BCUT2D eigenvalue weighted by Crippen LogP contribution is 2.20. The number of hydrogen-bond acceptors (Lipinski definition) is 3. The van der Waals surface area contributed by atoms with Crippen molar-refractivity contribution in [1.82, 2.24) is 10.2 Å². The Morgan fingerprint density at radius 3 is 2.25 bits per heavy atom. The second kappa shape index (κ2) is 13.1. The first kappa shape index (κ1) is 27.3. The molecule has 2 atom stereocenters. The molecule has 0 aliphatic rings. The van der Waals surface area contributed by atoms with Crippen LogP contribution in [0.5, 0.6) is 5.75 Å². The first-order chi connectivity index (χ1) is 17.2. The smallest absolute Gasteiger partial charge is 0.261 e. The lowest BCUT2D eigenvalue weighted by Crippen LogP contribution is -2.53. The number of carbonyl (C=O) groups excluding carboxylic acids is 2. The summed E-state index contributed by atoms with van der Waals surface area (Å²) in [4.78, 5) is 28.8. The van der Waals surface area contributed by atoms with E-state index in [2.05, 4.69) is 11.4 Å². The van der Waals surface area contributed by atoms with Crippen molar-refractivity contribution < 1.29 is 14.3 Å². The van der Waals surface area contributed by atoms with E-state index in [1.807, 2.05) is 88.4 Å². The fraction of sp³-hybridized carbons (Fsp3) is 0.333. The Morgan fingerprint density at radius 2 is 1.61 bits per heavy atom. The molecule has 36 heavy (non-hydrogen) atoms. The van der Waals surface area contributed by atoms with Gasteiger partial charge in [0, 0.05) is 24.0 Å². The summed E-state index contributed by atoms with van der Waals surface area (Å²) < 4.78 is 5.91. The fourth-order valence-electron chi connectivity index (χ4n) is 4.07. The summed E-state index contributed by atoms with van der Waals surface area (Å²) in [7, 11) is 0. The zero-order valence-corrected chi connectivity index (χ0v) is 22.2. The van der Waals surface area contributed by atoms with Crippen molar-refractivity contribution in [3.8, 4) is 5.75 Å². The molecule has 0 saturated heterocycles. The predicted octanol–water partition coefficient (Wildman–Crippen LogP) is 5.89. The number of aryl methyl sites for hydroxylation is 2. The molecule has 0 aliphatic heterocycles. The number of amides is 2. The monoisotopic (exact) mass is 506 g/mol. The predicted molar refractivity (Wildman–Crippen MR) is 145 cm³/mol. The van der Waals surface area contributed by atoms with Gasteiger partial charge in [-0.2, -0.15) is 0 Å². The molecular formula is C30H35ClN2O3. The molecule has 0 bridgehead atoms. The van der Waals surface area contributed by atoms with Crippen LogP contribution in [0, 0.1) is 13.8 Å². The summed E-state index contributed by atoms with van der Waals surface area (Å²) in [5, 5.41) is 3.65. The Labute approximate surface area is 219 Å². The van der Waals surface area contributed by atoms with E-state index in [0.29, 0.717) is 17.2 Å². The van der Waals surface area contributed by atoms with Crippen molar-refractivity contribution in [2.75, 3.05) is 6.61 Å². The van der Waals surface area contributed by atoms with Crippen molar-refractivity contribution in [3.05, 3.63) is 100 Å². The number of carbonyl (C=O) groups is 2.